The molecule has 0 aromatic heterocycles. The molecular formula is C27H28ClN3O2. The average molecular weight is 462 g/mol. The minimum Gasteiger partial charge on any atom is -0.326 e. The quantitative estimate of drug-likeness (QED) is 0.494. The lowest BCUT2D eigenvalue weighted by Gasteiger charge is -2.39. The molecule has 0 saturated carbocycles. The number of nitrogens with zero attached hydrogens (tertiary/aromatic N) is 1. The van der Waals surface area contributed by atoms with Gasteiger partial charge in [0.2, 0.25) is 11.8 Å². The third-order valence-corrected chi connectivity index (χ3v) is 6.25. The Morgan fingerprint density at radius 1 is 1.00 bits per heavy atom. The van der Waals surface area contributed by atoms with Crippen molar-refractivity contribution in [3.05, 3.63) is 82.9 Å². The minimum absolute atomic E-state index is 0.0420. The standard InChI is InChI=1S/C27H28ClN3O2/c1-17-13-26(29-16-20-7-10-23(28)11-8-20)25-15-22(9-12-27(25)31(17)19(3)33)21-5-4-6-24(14-21)30-18(2)32/h4-12,14-15,17,26,29H,13,16H2,1-3H3,(H,30,32)/t17-,26+/m0/s1. The number of carbonyl (C=O) groups is 2. The number of hydrogen-bond donors (Lipinski definition) is 2. The van der Waals surface area contributed by atoms with Crippen molar-refractivity contribution in [2.75, 3.05) is 10.2 Å². The molecule has 2 atom stereocenters. The summed E-state index contributed by atoms with van der Waals surface area (Å²) in [4.78, 5) is 25.8. The lowest BCUT2D eigenvalue weighted by atomic mass is 9.89. The highest BCUT2D eigenvalue weighted by Gasteiger charge is 2.32. The molecule has 0 spiro atoms. The Balaban J connectivity index is 1.68. The Morgan fingerprint density at radius 3 is 2.42 bits per heavy atom. The molecule has 0 aliphatic carbocycles. The molecule has 1 aliphatic rings. The first-order valence-corrected chi connectivity index (χ1v) is 11.5. The molecule has 0 fully saturated rings. The molecule has 6 heteroatoms. The van der Waals surface area contributed by atoms with Crippen molar-refractivity contribution < 1.29 is 9.59 Å². The zero-order chi connectivity index (χ0) is 23.5. The maximum atomic E-state index is 12.4. The van der Waals surface area contributed by atoms with Crippen molar-refractivity contribution in [3.8, 4) is 11.1 Å². The first-order valence-electron chi connectivity index (χ1n) is 11.1. The summed E-state index contributed by atoms with van der Waals surface area (Å²) in [6.45, 7) is 5.91. The van der Waals surface area contributed by atoms with E-state index in [1.54, 1.807) is 6.92 Å². The molecule has 33 heavy (non-hydrogen) atoms. The highest BCUT2D eigenvalue weighted by atomic mass is 35.5. The number of halogens is 1. The van der Waals surface area contributed by atoms with Crippen LogP contribution < -0.4 is 15.5 Å². The summed E-state index contributed by atoms with van der Waals surface area (Å²) in [6.07, 6.45) is 0.815. The number of fused-ring (bicyclic) bond motifs is 1. The van der Waals surface area contributed by atoms with E-state index in [4.69, 9.17) is 11.6 Å². The molecule has 3 aromatic rings. The molecule has 1 heterocycles. The fourth-order valence-electron chi connectivity index (χ4n) is 4.54. The van der Waals surface area contributed by atoms with Crippen molar-refractivity contribution in [3.63, 3.8) is 0 Å². The van der Waals surface area contributed by atoms with Crippen LogP contribution in [0.3, 0.4) is 0 Å². The zero-order valence-electron chi connectivity index (χ0n) is 19.1. The van der Waals surface area contributed by atoms with Crippen molar-refractivity contribution in [2.24, 2.45) is 0 Å². The number of hydrogen-bond acceptors (Lipinski definition) is 3. The monoisotopic (exact) mass is 461 g/mol. The molecule has 1 aliphatic heterocycles. The van der Waals surface area contributed by atoms with Crippen LogP contribution in [-0.4, -0.2) is 17.9 Å². The normalized spacial score (nSPS) is 17.4. The smallest absolute Gasteiger partial charge is 0.224 e. The second-order valence-electron chi connectivity index (χ2n) is 8.57. The van der Waals surface area contributed by atoms with Gasteiger partial charge >= 0.3 is 0 Å². The van der Waals surface area contributed by atoms with Gasteiger partial charge in [-0.3, -0.25) is 9.59 Å². The molecule has 3 aromatic carbocycles. The van der Waals surface area contributed by atoms with Crippen molar-refractivity contribution >= 4 is 34.8 Å². The Kier molecular flexibility index (Phi) is 6.82. The van der Waals surface area contributed by atoms with Crippen molar-refractivity contribution in [2.45, 2.75) is 45.8 Å². The predicted molar refractivity (Wildman–Crippen MR) is 134 cm³/mol. The Hall–Kier alpha value is -3.15. The van der Waals surface area contributed by atoms with Gasteiger partial charge in [-0.2, -0.15) is 0 Å². The highest BCUT2D eigenvalue weighted by molar-refractivity contribution is 6.30. The summed E-state index contributed by atoms with van der Waals surface area (Å²) in [5, 5.41) is 7.25. The third kappa shape index (κ3) is 5.27. The van der Waals surface area contributed by atoms with E-state index in [0.29, 0.717) is 6.54 Å². The number of anilines is 2. The van der Waals surface area contributed by atoms with Crippen LogP contribution in [0.5, 0.6) is 0 Å². The third-order valence-electron chi connectivity index (χ3n) is 6.00. The van der Waals surface area contributed by atoms with Crippen LogP contribution in [0.1, 0.15) is 44.4 Å². The van der Waals surface area contributed by atoms with Gasteiger partial charge in [0, 0.05) is 48.9 Å². The summed E-state index contributed by atoms with van der Waals surface area (Å²) in [6, 6.07) is 22.0. The lowest BCUT2D eigenvalue weighted by molar-refractivity contribution is -0.117. The first-order chi connectivity index (χ1) is 15.8. The molecule has 2 amide bonds. The molecule has 0 saturated heterocycles. The summed E-state index contributed by atoms with van der Waals surface area (Å²) in [5.74, 6) is -0.0598. The second kappa shape index (κ2) is 9.77. The van der Waals surface area contributed by atoms with E-state index in [-0.39, 0.29) is 23.9 Å². The van der Waals surface area contributed by atoms with Gasteiger partial charge in [-0.1, -0.05) is 41.9 Å². The molecule has 0 unspecified atom stereocenters. The predicted octanol–water partition coefficient (Wildman–Crippen LogP) is 5.94. The number of carbonyl (C=O) groups excluding carboxylic acids is 2. The van der Waals surface area contributed by atoms with Crippen molar-refractivity contribution in [1.82, 2.24) is 5.32 Å². The highest BCUT2D eigenvalue weighted by Crippen LogP contribution is 2.40. The maximum absolute atomic E-state index is 12.4. The van der Waals surface area contributed by atoms with Gasteiger partial charge < -0.3 is 15.5 Å². The van der Waals surface area contributed by atoms with Crippen LogP contribution in [-0.2, 0) is 16.1 Å². The van der Waals surface area contributed by atoms with E-state index < -0.39 is 0 Å². The number of amides is 2. The fourth-order valence-corrected chi connectivity index (χ4v) is 4.67. The van der Waals surface area contributed by atoms with Gasteiger partial charge in [0.05, 0.1) is 0 Å². The minimum atomic E-state index is -0.102. The molecule has 2 N–H and O–H groups in total. The molecule has 0 bridgehead atoms. The number of rotatable bonds is 5. The number of benzene rings is 3. The molecule has 0 radical (unpaired) electrons. The van der Waals surface area contributed by atoms with E-state index in [0.717, 1.165) is 45.1 Å². The topological polar surface area (TPSA) is 61.4 Å². The molecule has 170 valence electrons. The van der Waals surface area contributed by atoms with Crippen LogP contribution in [0.25, 0.3) is 11.1 Å². The lowest BCUT2D eigenvalue weighted by Crippen LogP contribution is -2.44. The van der Waals surface area contributed by atoms with Crippen LogP contribution in [0, 0.1) is 0 Å². The van der Waals surface area contributed by atoms with Gasteiger partial charge in [0.25, 0.3) is 0 Å². The fraction of sp³-hybridized carbons (Fsp3) is 0.259. The van der Waals surface area contributed by atoms with Gasteiger partial charge in [0.1, 0.15) is 0 Å². The van der Waals surface area contributed by atoms with E-state index in [1.807, 2.05) is 65.6 Å². The van der Waals surface area contributed by atoms with E-state index in [1.165, 1.54) is 6.92 Å². The van der Waals surface area contributed by atoms with Gasteiger partial charge in [-0.15, -0.1) is 0 Å². The maximum Gasteiger partial charge on any atom is 0.224 e. The first kappa shape index (κ1) is 23.0. The van der Waals surface area contributed by atoms with Gasteiger partial charge in [0.15, 0.2) is 0 Å². The van der Waals surface area contributed by atoms with Crippen LogP contribution in [0.4, 0.5) is 11.4 Å². The van der Waals surface area contributed by atoms with E-state index >= 15 is 0 Å². The SMILES string of the molecule is CC(=O)Nc1cccc(-c2ccc3c(c2)[C@H](NCc2ccc(Cl)cc2)C[C@H](C)N3C(C)=O)c1. The summed E-state index contributed by atoms with van der Waals surface area (Å²) < 4.78 is 0. The summed E-state index contributed by atoms with van der Waals surface area (Å²) in [5.41, 5.74) is 6.00. The van der Waals surface area contributed by atoms with Gasteiger partial charge in [-0.25, -0.2) is 0 Å². The molecule has 5 nitrogen and oxygen atoms in total. The summed E-state index contributed by atoms with van der Waals surface area (Å²) >= 11 is 6.03. The van der Waals surface area contributed by atoms with Crippen LogP contribution >= 0.6 is 11.6 Å². The Labute approximate surface area is 199 Å². The van der Waals surface area contributed by atoms with Crippen molar-refractivity contribution in [1.29, 1.82) is 0 Å². The second-order valence-corrected chi connectivity index (χ2v) is 9.01. The largest absolute Gasteiger partial charge is 0.326 e. The van der Waals surface area contributed by atoms with Crippen LogP contribution in [0.15, 0.2) is 66.7 Å². The van der Waals surface area contributed by atoms with Crippen LogP contribution in [0.2, 0.25) is 5.02 Å². The number of nitrogens with one attached hydrogen (secondary N) is 2. The van der Waals surface area contributed by atoms with E-state index in [9.17, 15) is 9.59 Å². The Bertz CT molecular complexity index is 1180. The Morgan fingerprint density at radius 2 is 1.73 bits per heavy atom. The zero-order valence-corrected chi connectivity index (χ0v) is 19.8. The van der Waals surface area contributed by atoms with Gasteiger partial charge in [-0.05, 0) is 72.0 Å². The summed E-state index contributed by atoms with van der Waals surface area (Å²) in [7, 11) is 0. The van der Waals surface area contributed by atoms with E-state index in [2.05, 4.69) is 23.6 Å². The average Bonchev–Trinajstić information content (AvgIpc) is 2.77. The molecule has 4 rings (SSSR count). The molecular weight excluding hydrogens is 434 g/mol.